The van der Waals surface area contributed by atoms with Crippen LogP contribution in [0.1, 0.15) is 25.8 Å². The molecule has 0 fully saturated rings. The van der Waals surface area contributed by atoms with Gasteiger partial charge in [0.2, 0.25) is 5.91 Å². The fourth-order valence-corrected chi connectivity index (χ4v) is 1.42. The van der Waals surface area contributed by atoms with Crippen LogP contribution in [0.5, 0.6) is 0 Å². The van der Waals surface area contributed by atoms with E-state index in [0.717, 1.165) is 6.54 Å². The topological polar surface area (TPSA) is 41.1 Å². The Kier molecular flexibility index (Phi) is 5.57. The molecule has 0 radical (unpaired) electrons. The van der Waals surface area contributed by atoms with Crippen molar-refractivity contribution in [1.29, 1.82) is 0 Å². The van der Waals surface area contributed by atoms with Crippen LogP contribution in [0.3, 0.4) is 0 Å². The van der Waals surface area contributed by atoms with Crippen molar-refractivity contribution in [3.63, 3.8) is 0 Å². The number of hydrogen-bond acceptors (Lipinski definition) is 2. The van der Waals surface area contributed by atoms with E-state index in [1.807, 2.05) is 32.0 Å². The lowest BCUT2D eigenvalue weighted by atomic mass is 10.2. The average molecular weight is 220 g/mol. The lowest BCUT2D eigenvalue weighted by Gasteiger charge is -2.08. The van der Waals surface area contributed by atoms with Crippen LogP contribution in [0.4, 0.5) is 0 Å². The molecule has 1 aromatic rings. The summed E-state index contributed by atoms with van der Waals surface area (Å²) in [5.41, 5.74) is 1.24. The minimum absolute atomic E-state index is 0.107. The molecule has 0 aliphatic heterocycles. The Labute approximate surface area is 97.2 Å². The van der Waals surface area contributed by atoms with Crippen LogP contribution in [0.25, 0.3) is 0 Å². The van der Waals surface area contributed by atoms with Crippen LogP contribution in [0.2, 0.25) is 0 Å². The second-order valence-corrected chi connectivity index (χ2v) is 4.13. The normalized spacial score (nSPS) is 10.4. The Morgan fingerprint density at radius 2 is 1.94 bits per heavy atom. The largest absolute Gasteiger partial charge is 0.354 e. The summed E-state index contributed by atoms with van der Waals surface area (Å²) in [5.74, 6) is 0.107. The molecule has 0 heterocycles. The van der Waals surface area contributed by atoms with E-state index in [1.165, 1.54) is 5.56 Å². The summed E-state index contributed by atoms with van der Waals surface area (Å²) < 4.78 is 0. The van der Waals surface area contributed by atoms with Gasteiger partial charge in [0.05, 0.1) is 0 Å². The van der Waals surface area contributed by atoms with E-state index in [0.29, 0.717) is 13.0 Å². The summed E-state index contributed by atoms with van der Waals surface area (Å²) in [4.78, 5) is 11.3. The van der Waals surface area contributed by atoms with Crippen molar-refractivity contribution in [1.82, 2.24) is 10.6 Å². The van der Waals surface area contributed by atoms with Gasteiger partial charge in [-0.1, -0.05) is 30.3 Å². The molecule has 1 rings (SSSR count). The molecule has 3 heteroatoms. The van der Waals surface area contributed by atoms with Gasteiger partial charge < -0.3 is 10.6 Å². The first kappa shape index (κ1) is 12.7. The van der Waals surface area contributed by atoms with Crippen molar-refractivity contribution in [3.05, 3.63) is 35.9 Å². The smallest absolute Gasteiger partial charge is 0.221 e. The number of carbonyl (C=O) groups is 1. The van der Waals surface area contributed by atoms with Gasteiger partial charge in [0.25, 0.3) is 0 Å². The standard InChI is InChI=1S/C13H20N2O/c1-11(2)15-13(16)8-9-14-10-12-6-4-3-5-7-12/h3-7,11,14H,8-10H2,1-2H3,(H,15,16). The number of nitrogens with one attached hydrogen (secondary N) is 2. The van der Waals surface area contributed by atoms with E-state index in [2.05, 4.69) is 22.8 Å². The Morgan fingerprint density at radius 1 is 1.25 bits per heavy atom. The highest BCUT2D eigenvalue weighted by atomic mass is 16.1. The zero-order valence-corrected chi connectivity index (χ0v) is 9.99. The van der Waals surface area contributed by atoms with E-state index in [1.54, 1.807) is 0 Å². The molecule has 0 aromatic heterocycles. The van der Waals surface area contributed by atoms with Crippen molar-refractivity contribution in [2.45, 2.75) is 32.9 Å². The molecule has 0 aliphatic carbocycles. The summed E-state index contributed by atoms with van der Waals surface area (Å²) in [7, 11) is 0. The maximum absolute atomic E-state index is 11.3. The first-order valence-corrected chi connectivity index (χ1v) is 5.72. The molecule has 16 heavy (non-hydrogen) atoms. The number of amides is 1. The van der Waals surface area contributed by atoms with Gasteiger partial charge in [-0.25, -0.2) is 0 Å². The molecule has 1 amide bonds. The molecule has 0 bridgehead atoms. The van der Waals surface area contributed by atoms with Crippen LogP contribution >= 0.6 is 0 Å². The SMILES string of the molecule is CC(C)NC(=O)CCNCc1ccccc1. The van der Waals surface area contributed by atoms with Gasteiger partial charge in [0, 0.05) is 25.6 Å². The second-order valence-electron chi connectivity index (χ2n) is 4.13. The molecule has 3 nitrogen and oxygen atoms in total. The van der Waals surface area contributed by atoms with Crippen molar-refractivity contribution in [2.75, 3.05) is 6.54 Å². The molecule has 0 saturated carbocycles. The summed E-state index contributed by atoms with van der Waals surface area (Å²) in [6, 6.07) is 10.4. The Balaban J connectivity index is 2.10. The van der Waals surface area contributed by atoms with Gasteiger partial charge in [-0.05, 0) is 19.4 Å². The molecule has 1 aromatic carbocycles. The van der Waals surface area contributed by atoms with Gasteiger partial charge in [0.15, 0.2) is 0 Å². The lowest BCUT2D eigenvalue weighted by molar-refractivity contribution is -0.121. The molecular weight excluding hydrogens is 200 g/mol. The number of rotatable bonds is 6. The first-order valence-electron chi connectivity index (χ1n) is 5.72. The van der Waals surface area contributed by atoms with Crippen LogP contribution in [-0.2, 0) is 11.3 Å². The quantitative estimate of drug-likeness (QED) is 0.716. The molecular formula is C13H20N2O. The lowest BCUT2D eigenvalue weighted by Crippen LogP contribution is -2.32. The van der Waals surface area contributed by atoms with Gasteiger partial charge in [0.1, 0.15) is 0 Å². The van der Waals surface area contributed by atoms with E-state index in [4.69, 9.17) is 0 Å². The van der Waals surface area contributed by atoms with Crippen molar-refractivity contribution in [2.24, 2.45) is 0 Å². The van der Waals surface area contributed by atoms with Crippen molar-refractivity contribution in [3.8, 4) is 0 Å². The van der Waals surface area contributed by atoms with E-state index in [-0.39, 0.29) is 11.9 Å². The van der Waals surface area contributed by atoms with Crippen LogP contribution in [0.15, 0.2) is 30.3 Å². The van der Waals surface area contributed by atoms with E-state index >= 15 is 0 Å². The molecule has 0 aliphatic rings. The highest BCUT2D eigenvalue weighted by Gasteiger charge is 2.01. The average Bonchev–Trinajstić information content (AvgIpc) is 2.25. The van der Waals surface area contributed by atoms with Crippen molar-refractivity contribution < 1.29 is 4.79 Å². The van der Waals surface area contributed by atoms with E-state index in [9.17, 15) is 4.79 Å². The maximum Gasteiger partial charge on any atom is 0.221 e. The molecule has 0 unspecified atom stereocenters. The number of hydrogen-bond donors (Lipinski definition) is 2. The molecule has 2 N–H and O–H groups in total. The molecule has 0 spiro atoms. The third-order valence-electron chi connectivity index (χ3n) is 2.15. The van der Waals surface area contributed by atoms with Crippen LogP contribution in [-0.4, -0.2) is 18.5 Å². The predicted molar refractivity (Wildman–Crippen MR) is 66.0 cm³/mol. The number of benzene rings is 1. The minimum atomic E-state index is 0.107. The molecule has 0 atom stereocenters. The molecule has 0 saturated heterocycles. The Morgan fingerprint density at radius 3 is 2.56 bits per heavy atom. The first-order chi connectivity index (χ1) is 7.68. The molecule has 88 valence electrons. The van der Waals surface area contributed by atoms with Gasteiger partial charge in [-0.3, -0.25) is 4.79 Å². The van der Waals surface area contributed by atoms with Crippen LogP contribution in [0, 0.1) is 0 Å². The summed E-state index contributed by atoms with van der Waals surface area (Å²) >= 11 is 0. The fraction of sp³-hybridized carbons (Fsp3) is 0.462. The van der Waals surface area contributed by atoms with Crippen molar-refractivity contribution >= 4 is 5.91 Å². The fourth-order valence-electron chi connectivity index (χ4n) is 1.42. The number of carbonyl (C=O) groups excluding carboxylic acids is 1. The Bertz CT molecular complexity index is 309. The minimum Gasteiger partial charge on any atom is -0.354 e. The van der Waals surface area contributed by atoms with Gasteiger partial charge >= 0.3 is 0 Å². The zero-order valence-electron chi connectivity index (χ0n) is 9.99. The highest BCUT2D eigenvalue weighted by Crippen LogP contribution is 1.96. The third kappa shape index (κ3) is 5.51. The van der Waals surface area contributed by atoms with Gasteiger partial charge in [-0.2, -0.15) is 0 Å². The van der Waals surface area contributed by atoms with Gasteiger partial charge in [-0.15, -0.1) is 0 Å². The maximum atomic E-state index is 11.3. The highest BCUT2D eigenvalue weighted by molar-refractivity contribution is 5.76. The summed E-state index contributed by atoms with van der Waals surface area (Å²) in [6.07, 6.45) is 0.533. The zero-order chi connectivity index (χ0) is 11.8. The predicted octanol–water partition coefficient (Wildman–Crippen LogP) is 1.69. The van der Waals surface area contributed by atoms with Crippen LogP contribution < -0.4 is 10.6 Å². The summed E-state index contributed by atoms with van der Waals surface area (Å²) in [6.45, 7) is 5.47. The summed E-state index contributed by atoms with van der Waals surface area (Å²) in [5, 5.41) is 6.11. The Hall–Kier alpha value is -1.35. The third-order valence-corrected chi connectivity index (χ3v) is 2.15. The van der Waals surface area contributed by atoms with E-state index < -0.39 is 0 Å². The monoisotopic (exact) mass is 220 g/mol. The second kappa shape index (κ2) is 7.01.